The lowest BCUT2D eigenvalue weighted by atomic mass is 10.1. The molecule has 9 heteroatoms. The zero-order valence-electron chi connectivity index (χ0n) is 13.8. The van der Waals surface area contributed by atoms with Crippen LogP contribution >= 0.6 is 34.9 Å². The third-order valence-electron chi connectivity index (χ3n) is 3.59. The second-order valence-corrected chi connectivity index (χ2v) is 7.78. The van der Waals surface area contributed by atoms with E-state index >= 15 is 0 Å². The van der Waals surface area contributed by atoms with Crippen LogP contribution in [0.4, 0.5) is 10.7 Å². The quantitative estimate of drug-likeness (QED) is 0.554. The Kier molecular flexibility index (Phi) is 6.08. The standard InChI is InChI=1S/C17H16ClN5OS2/c1-2-13(10-3-5-11(18)6-4-10)25-17-14(15(19)24)16(26-23-17)22-12-7-20-9-21-8-12/h3-9,13,22H,2H2,1H3,(H2,19,24). The molecule has 0 saturated heterocycles. The van der Waals surface area contributed by atoms with Gasteiger partial charge >= 0.3 is 0 Å². The molecule has 2 heterocycles. The molecule has 2 aromatic heterocycles. The summed E-state index contributed by atoms with van der Waals surface area (Å²) in [5, 5.41) is 5.14. The van der Waals surface area contributed by atoms with Crippen LogP contribution in [0, 0.1) is 0 Å². The van der Waals surface area contributed by atoms with E-state index in [1.165, 1.54) is 29.6 Å². The number of carbonyl (C=O) groups excluding carboxylic acids is 1. The largest absolute Gasteiger partial charge is 0.365 e. The first kappa shape index (κ1) is 18.6. The van der Waals surface area contributed by atoms with Crippen LogP contribution in [0.5, 0.6) is 0 Å². The highest BCUT2D eigenvalue weighted by molar-refractivity contribution is 7.99. The number of aromatic nitrogens is 3. The summed E-state index contributed by atoms with van der Waals surface area (Å²) in [6.45, 7) is 2.09. The Bertz CT molecular complexity index is 886. The molecule has 1 amide bonds. The molecule has 134 valence electrons. The highest BCUT2D eigenvalue weighted by Gasteiger charge is 2.23. The summed E-state index contributed by atoms with van der Waals surface area (Å²) in [5.41, 5.74) is 7.79. The van der Waals surface area contributed by atoms with Crippen molar-refractivity contribution in [2.75, 3.05) is 5.32 Å². The summed E-state index contributed by atoms with van der Waals surface area (Å²) in [4.78, 5) is 19.9. The van der Waals surface area contributed by atoms with Gasteiger partial charge in [0.1, 0.15) is 21.9 Å². The van der Waals surface area contributed by atoms with Gasteiger partial charge in [-0.1, -0.05) is 42.4 Å². The lowest BCUT2D eigenvalue weighted by Crippen LogP contribution is -2.13. The Balaban J connectivity index is 1.87. The predicted octanol–water partition coefficient (Wildman–Crippen LogP) is 4.67. The first-order valence-electron chi connectivity index (χ1n) is 7.82. The van der Waals surface area contributed by atoms with Crippen LogP contribution < -0.4 is 11.1 Å². The number of nitrogens with zero attached hydrogens (tertiary/aromatic N) is 3. The van der Waals surface area contributed by atoms with Crippen molar-refractivity contribution in [2.24, 2.45) is 5.73 Å². The van der Waals surface area contributed by atoms with E-state index in [1.54, 1.807) is 12.4 Å². The molecule has 6 nitrogen and oxygen atoms in total. The number of nitrogens with two attached hydrogens (primary N) is 1. The maximum absolute atomic E-state index is 12.0. The average Bonchev–Trinajstić information content (AvgIpc) is 3.04. The molecule has 0 aliphatic carbocycles. The fourth-order valence-electron chi connectivity index (χ4n) is 2.35. The molecule has 0 radical (unpaired) electrons. The number of rotatable bonds is 7. The Morgan fingerprint density at radius 1 is 1.31 bits per heavy atom. The number of primary amides is 1. The van der Waals surface area contributed by atoms with E-state index in [9.17, 15) is 4.79 Å². The summed E-state index contributed by atoms with van der Waals surface area (Å²) >= 11 is 8.68. The fourth-order valence-corrected chi connectivity index (χ4v) is 4.59. The average molecular weight is 406 g/mol. The number of hydrogen-bond acceptors (Lipinski definition) is 7. The summed E-state index contributed by atoms with van der Waals surface area (Å²) < 4.78 is 4.44. The van der Waals surface area contributed by atoms with Gasteiger partial charge in [0.2, 0.25) is 0 Å². The number of halogens is 1. The first-order valence-corrected chi connectivity index (χ1v) is 9.85. The van der Waals surface area contributed by atoms with E-state index in [2.05, 4.69) is 26.6 Å². The minimum Gasteiger partial charge on any atom is -0.365 e. The molecule has 1 unspecified atom stereocenters. The SMILES string of the molecule is CCC(Sc1nsc(Nc2cncnc2)c1C(N)=O)c1ccc(Cl)cc1. The predicted molar refractivity (Wildman–Crippen MR) is 106 cm³/mol. The van der Waals surface area contributed by atoms with Gasteiger partial charge in [-0.2, -0.15) is 4.37 Å². The van der Waals surface area contributed by atoms with Crippen LogP contribution in [0.2, 0.25) is 5.02 Å². The zero-order chi connectivity index (χ0) is 18.5. The second-order valence-electron chi connectivity index (χ2n) is 5.37. The summed E-state index contributed by atoms with van der Waals surface area (Å²) in [6, 6.07) is 7.69. The maximum atomic E-state index is 12.0. The highest BCUT2D eigenvalue weighted by Crippen LogP contribution is 2.42. The first-order chi connectivity index (χ1) is 12.6. The molecule has 0 fully saturated rings. The topological polar surface area (TPSA) is 93.8 Å². The molecule has 0 saturated carbocycles. The van der Waals surface area contributed by atoms with Gasteiger partial charge in [0.05, 0.1) is 18.1 Å². The fraction of sp³-hybridized carbons (Fsp3) is 0.176. The molecule has 3 aromatic rings. The summed E-state index contributed by atoms with van der Waals surface area (Å²) in [7, 11) is 0. The molecule has 0 aliphatic rings. The third kappa shape index (κ3) is 4.32. The summed E-state index contributed by atoms with van der Waals surface area (Å²) in [6.07, 6.45) is 5.54. The van der Waals surface area contributed by atoms with Crippen LogP contribution in [0.15, 0.2) is 48.0 Å². The van der Waals surface area contributed by atoms with Gasteiger partial charge in [0, 0.05) is 10.3 Å². The van der Waals surface area contributed by atoms with Crippen molar-refractivity contribution in [3.8, 4) is 0 Å². The molecule has 0 aliphatic heterocycles. The molecule has 0 spiro atoms. The number of hydrogen-bond donors (Lipinski definition) is 2. The van der Waals surface area contributed by atoms with Gasteiger partial charge in [-0.25, -0.2) is 9.97 Å². The van der Waals surface area contributed by atoms with Crippen LogP contribution in [0.3, 0.4) is 0 Å². The minimum atomic E-state index is -0.522. The van der Waals surface area contributed by atoms with Gasteiger partial charge in [-0.05, 0) is 35.6 Å². The number of nitrogens with one attached hydrogen (secondary N) is 1. The number of amides is 1. The Morgan fingerprint density at radius 2 is 2.00 bits per heavy atom. The van der Waals surface area contributed by atoms with Gasteiger partial charge in [-0.3, -0.25) is 4.79 Å². The second kappa shape index (κ2) is 8.48. The maximum Gasteiger partial charge on any atom is 0.254 e. The summed E-state index contributed by atoms with van der Waals surface area (Å²) in [5.74, 6) is -0.522. The van der Waals surface area contributed by atoms with Crippen LogP contribution in [-0.4, -0.2) is 20.2 Å². The lowest BCUT2D eigenvalue weighted by molar-refractivity contribution is 0.0998. The highest BCUT2D eigenvalue weighted by atomic mass is 35.5. The van der Waals surface area contributed by atoms with E-state index in [1.807, 2.05) is 24.3 Å². The molecule has 3 rings (SSSR count). The van der Waals surface area contributed by atoms with E-state index in [0.29, 0.717) is 26.3 Å². The van der Waals surface area contributed by atoms with E-state index in [0.717, 1.165) is 12.0 Å². The van der Waals surface area contributed by atoms with Crippen molar-refractivity contribution in [3.05, 3.63) is 59.1 Å². The lowest BCUT2D eigenvalue weighted by Gasteiger charge is -2.14. The van der Waals surface area contributed by atoms with E-state index in [-0.39, 0.29) is 5.25 Å². The molecular formula is C17H16ClN5OS2. The van der Waals surface area contributed by atoms with Crippen LogP contribution in [0.1, 0.15) is 34.5 Å². The van der Waals surface area contributed by atoms with Crippen molar-refractivity contribution >= 4 is 51.5 Å². The monoisotopic (exact) mass is 405 g/mol. The van der Waals surface area contributed by atoms with Crippen molar-refractivity contribution < 1.29 is 4.79 Å². The molecule has 1 atom stereocenters. The van der Waals surface area contributed by atoms with Gasteiger partial charge < -0.3 is 11.1 Å². The smallest absolute Gasteiger partial charge is 0.254 e. The number of benzene rings is 1. The molecule has 0 bridgehead atoms. The van der Waals surface area contributed by atoms with Gasteiger partial charge in [0.15, 0.2) is 0 Å². The molecular weight excluding hydrogens is 390 g/mol. The Morgan fingerprint density at radius 3 is 2.62 bits per heavy atom. The van der Waals surface area contributed by atoms with Crippen molar-refractivity contribution in [3.63, 3.8) is 0 Å². The number of carbonyl (C=O) groups is 1. The molecule has 1 aromatic carbocycles. The number of anilines is 2. The van der Waals surface area contributed by atoms with Crippen molar-refractivity contribution in [1.29, 1.82) is 0 Å². The number of thioether (sulfide) groups is 1. The Hall–Kier alpha value is -2.16. The molecule has 3 N–H and O–H groups in total. The van der Waals surface area contributed by atoms with Gasteiger partial charge in [0.25, 0.3) is 5.91 Å². The van der Waals surface area contributed by atoms with Crippen LogP contribution in [0.25, 0.3) is 0 Å². The van der Waals surface area contributed by atoms with Crippen molar-refractivity contribution in [1.82, 2.24) is 14.3 Å². The zero-order valence-corrected chi connectivity index (χ0v) is 16.2. The molecule has 26 heavy (non-hydrogen) atoms. The minimum absolute atomic E-state index is 0.139. The Labute approximate surface area is 164 Å². The van der Waals surface area contributed by atoms with E-state index < -0.39 is 5.91 Å². The third-order valence-corrected chi connectivity index (χ3v) is 6.13. The van der Waals surface area contributed by atoms with Gasteiger partial charge in [-0.15, -0.1) is 0 Å². The normalized spacial score (nSPS) is 11.9. The van der Waals surface area contributed by atoms with E-state index in [4.69, 9.17) is 17.3 Å². The van der Waals surface area contributed by atoms with Crippen LogP contribution in [-0.2, 0) is 0 Å². The van der Waals surface area contributed by atoms with Crippen molar-refractivity contribution in [2.45, 2.75) is 23.6 Å².